The molecule has 2 aliphatic rings. The Kier molecular flexibility index (Phi) is 5.44. The molecule has 0 aromatic heterocycles. The van der Waals surface area contributed by atoms with Gasteiger partial charge >= 0.3 is 0 Å². The molecule has 1 aromatic rings. The number of rotatable bonds is 5. The van der Waals surface area contributed by atoms with E-state index >= 15 is 0 Å². The smallest absolute Gasteiger partial charge is 0.246 e. The third-order valence-corrected chi connectivity index (χ3v) is 6.63. The summed E-state index contributed by atoms with van der Waals surface area (Å²) in [6.45, 7) is 2.67. The number of likely N-dealkylation sites (tertiary alicyclic amines) is 1. The second-order valence-electron chi connectivity index (χ2n) is 6.39. The second-order valence-corrected chi connectivity index (χ2v) is 8.29. The molecule has 136 valence electrons. The summed E-state index contributed by atoms with van der Waals surface area (Å²) in [5.41, 5.74) is 0.672. The summed E-state index contributed by atoms with van der Waals surface area (Å²) in [6.07, 6.45) is 7.02. The summed E-state index contributed by atoms with van der Waals surface area (Å²) in [4.78, 5) is 13.9. The number of nitrogens with zero attached hydrogens (tertiary/aromatic N) is 2. The number of hydrogen-bond donors (Lipinski definition) is 0. The van der Waals surface area contributed by atoms with Crippen molar-refractivity contribution in [3.63, 3.8) is 0 Å². The van der Waals surface area contributed by atoms with E-state index in [0.29, 0.717) is 24.4 Å². The molecule has 0 unspecified atom stereocenters. The van der Waals surface area contributed by atoms with E-state index in [1.54, 1.807) is 29.2 Å². The van der Waals surface area contributed by atoms with Crippen LogP contribution in [0.15, 0.2) is 29.2 Å². The molecule has 1 aromatic carbocycles. The molecule has 2 saturated heterocycles. The molecule has 0 atom stereocenters. The van der Waals surface area contributed by atoms with Gasteiger partial charge in [0.2, 0.25) is 15.9 Å². The molecule has 1 amide bonds. The van der Waals surface area contributed by atoms with Crippen LogP contribution in [-0.2, 0) is 14.8 Å². The highest BCUT2D eigenvalue weighted by Gasteiger charge is 2.29. The average Bonchev–Trinajstić information content (AvgIpc) is 2.59. The number of piperidine rings is 1. The molecule has 0 N–H and O–H groups in total. The maximum Gasteiger partial charge on any atom is 0.246 e. The largest absolute Gasteiger partial charge is 0.495 e. The first kappa shape index (κ1) is 17.9. The Bertz CT molecular complexity index is 763. The van der Waals surface area contributed by atoms with Gasteiger partial charge < -0.3 is 9.64 Å². The van der Waals surface area contributed by atoms with Gasteiger partial charge in [-0.3, -0.25) is 4.79 Å². The summed E-state index contributed by atoms with van der Waals surface area (Å²) < 4.78 is 32.7. The topological polar surface area (TPSA) is 66.9 Å². The molecule has 3 rings (SSSR count). The van der Waals surface area contributed by atoms with Crippen molar-refractivity contribution in [1.29, 1.82) is 0 Å². The van der Waals surface area contributed by atoms with Gasteiger partial charge in [0.05, 0.1) is 7.11 Å². The lowest BCUT2D eigenvalue weighted by atomic mass is 10.1. The van der Waals surface area contributed by atoms with Crippen LogP contribution >= 0.6 is 0 Å². The quantitative estimate of drug-likeness (QED) is 0.751. The van der Waals surface area contributed by atoms with Gasteiger partial charge in [-0.25, -0.2) is 8.42 Å². The number of methoxy groups -OCH3 is 1. The molecule has 25 heavy (non-hydrogen) atoms. The zero-order valence-corrected chi connectivity index (χ0v) is 15.3. The monoisotopic (exact) mass is 364 g/mol. The molecule has 0 saturated carbocycles. The van der Waals surface area contributed by atoms with Gasteiger partial charge in [0.25, 0.3) is 0 Å². The number of hydrogen-bond acceptors (Lipinski definition) is 4. The van der Waals surface area contributed by atoms with Crippen LogP contribution < -0.4 is 4.74 Å². The number of benzene rings is 1. The minimum Gasteiger partial charge on any atom is -0.495 e. The van der Waals surface area contributed by atoms with E-state index in [1.165, 1.54) is 17.5 Å². The van der Waals surface area contributed by atoms with Crippen LogP contribution in [0.4, 0.5) is 0 Å². The maximum absolute atomic E-state index is 13.0. The number of amides is 1. The minimum atomic E-state index is -3.60. The highest BCUT2D eigenvalue weighted by molar-refractivity contribution is 7.89. The molecule has 0 spiro atoms. The Morgan fingerprint density at radius 1 is 1.08 bits per heavy atom. The van der Waals surface area contributed by atoms with Crippen molar-refractivity contribution in [1.82, 2.24) is 9.21 Å². The molecule has 6 nitrogen and oxygen atoms in total. The lowest BCUT2D eigenvalue weighted by Crippen LogP contribution is -2.40. The third-order valence-electron chi connectivity index (χ3n) is 4.71. The van der Waals surface area contributed by atoms with Gasteiger partial charge in [0.15, 0.2) is 0 Å². The van der Waals surface area contributed by atoms with Crippen LogP contribution in [0.25, 0.3) is 6.08 Å². The lowest BCUT2D eigenvalue weighted by molar-refractivity contribution is -0.129. The van der Waals surface area contributed by atoms with Crippen molar-refractivity contribution in [2.75, 3.05) is 33.3 Å². The third kappa shape index (κ3) is 3.88. The van der Waals surface area contributed by atoms with Gasteiger partial charge in [-0.05, 0) is 43.0 Å². The number of ether oxygens (including phenoxy) is 1. The first-order valence-electron chi connectivity index (χ1n) is 8.67. The molecular formula is C18H24N2O4S. The Morgan fingerprint density at radius 3 is 2.40 bits per heavy atom. The van der Waals surface area contributed by atoms with Gasteiger partial charge in [0.1, 0.15) is 10.6 Å². The van der Waals surface area contributed by atoms with E-state index in [9.17, 15) is 13.2 Å². The van der Waals surface area contributed by atoms with Crippen molar-refractivity contribution in [3.05, 3.63) is 29.8 Å². The SMILES string of the molecule is COc1ccc(/C=C/C(=O)N2CCC2)cc1S(=O)(=O)N1CCCCC1. The molecule has 0 bridgehead atoms. The highest BCUT2D eigenvalue weighted by Crippen LogP contribution is 2.30. The van der Waals surface area contributed by atoms with Crippen molar-refractivity contribution >= 4 is 22.0 Å². The summed E-state index contributed by atoms with van der Waals surface area (Å²) in [5, 5.41) is 0. The van der Waals surface area contributed by atoms with E-state index in [4.69, 9.17) is 4.74 Å². The van der Waals surface area contributed by atoms with Crippen LogP contribution in [0.5, 0.6) is 5.75 Å². The predicted octanol–water partition coefficient (Wildman–Crippen LogP) is 2.12. The normalized spacial score (nSPS) is 19.0. The van der Waals surface area contributed by atoms with Crippen LogP contribution in [0.2, 0.25) is 0 Å². The summed E-state index contributed by atoms with van der Waals surface area (Å²) in [5.74, 6) is 0.291. The van der Waals surface area contributed by atoms with Crippen LogP contribution in [0.1, 0.15) is 31.2 Å². The zero-order chi connectivity index (χ0) is 17.9. The summed E-state index contributed by atoms with van der Waals surface area (Å²) in [7, 11) is -2.13. The first-order chi connectivity index (χ1) is 12.0. The molecule has 0 aliphatic carbocycles. The van der Waals surface area contributed by atoms with Gasteiger partial charge in [0, 0.05) is 32.3 Å². The van der Waals surface area contributed by atoms with E-state index in [-0.39, 0.29) is 10.8 Å². The van der Waals surface area contributed by atoms with Crippen LogP contribution in [0.3, 0.4) is 0 Å². The van der Waals surface area contributed by atoms with Crippen LogP contribution in [0, 0.1) is 0 Å². The van der Waals surface area contributed by atoms with Crippen molar-refractivity contribution in [2.45, 2.75) is 30.6 Å². The van der Waals surface area contributed by atoms with Gasteiger partial charge in [-0.1, -0.05) is 12.5 Å². The standard InChI is InChI=1S/C18H24N2O4S/c1-24-16-8-6-15(7-9-18(21)19-10-5-11-19)14-17(16)25(22,23)20-12-3-2-4-13-20/h6-9,14H,2-5,10-13H2,1H3/b9-7+. The first-order valence-corrected chi connectivity index (χ1v) is 10.1. The second kappa shape index (κ2) is 7.58. The number of carbonyl (C=O) groups is 1. The van der Waals surface area contributed by atoms with E-state index in [1.807, 2.05) is 0 Å². The van der Waals surface area contributed by atoms with Crippen molar-refractivity contribution < 1.29 is 17.9 Å². The Morgan fingerprint density at radius 2 is 1.80 bits per heavy atom. The maximum atomic E-state index is 13.0. The zero-order valence-electron chi connectivity index (χ0n) is 14.5. The molecular weight excluding hydrogens is 340 g/mol. The van der Waals surface area contributed by atoms with Gasteiger partial charge in [-0.2, -0.15) is 4.31 Å². The lowest BCUT2D eigenvalue weighted by Gasteiger charge is -2.29. The highest BCUT2D eigenvalue weighted by atomic mass is 32.2. The van der Waals surface area contributed by atoms with Gasteiger partial charge in [-0.15, -0.1) is 0 Å². The minimum absolute atomic E-state index is 0.0393. The Balaban J connectivity index is 1.86. The fraction of sp³-hybridized carbons (Fsp3) is 0.500. The van der Waals surface area contributed by atoms with Crippen molar-refractivity contribution in [2.24, 2.45) is 0 Å². The molecule has 2 fully saturated rings. The Labute approximate surface area is 149 Å². The fourth-order valence-corrected chi connectivity index (χ4v) is 4.76. The summed E-state index contributed by atoms with van der Waals surface area (Å²) in [6, 6.07) is 4.99. The fourth-order valence-electron chi connectivity index (χ4n) is 3.05. The molecule has 2 heterocycles. The van der Waals surface area contributed by atoms with Crippen LogP contribution in [-0.4, -0.2) is 56.8 Å². The summed E-state index contributed by atoms with van der Waals surface area (Å²) >= 11 is 0. The number of sulfonamides is 1. The van der Waals surface area contributed by atoms with Crippen molar-refractivity contribution in [3.8, 4) is 5.75 Å². The average molecular weight is 364 g/mol. The Hall–Kier alpha value is -1.86. The van der Waals surface area contributed by atoms with E-state index in [2.05, 4.69) is 0 Å². The van der Waals surface area contributed by atoms with E-state index in [0.717, 1.165) is 38.8 Å². The molecule has 2 aliphatic heterocycles. The molecule has 0 radical (unpaired) electrons. The van der Waals surface area contributed by atoms with E-state index < -0.39 is 10.0 Å². The predicted molar refractivity (Wildman–Crippen MR) is 95.8 cm³/mol. The molecule has 7 heteroatoms. The number of carbonyl (C=O) groups excluding carboxylic acids is 1.